The molecule has 3 heterocycles. The Morgan fingerprint density at radius 1 is 1.16 bits per heavy atom. The average molecular weight is 436 g/mol. The van der Waals surface area contributed by atoms with Gasteiger partial charge in [-0.25, -0.2) is 0 Å². The number of nitrogens with zero attached hydrogens (tertiary/aromatic N) is 2. The standard InChI is InChI=1S/C24H25N3O3S/c1-25-23(29)24(15-18-6-8-20(9-7-18)21-5-3-13-31-21)17-27(11-12-30-24)22(28)14-19-4-2-10-26-16-19/h2-10,13,16H,11-12,14-15,17H2,1H3,(H,25,29)/t24-/m0/s1. The Labute approximate surface area is 185 Å². The molecular formula is C24H25N3O3S. The van der Waals surface area contributed by atoms with Crippen LogP contribution in [0.1, 0.15) is 11.1 Å². The number of carbonyl (C=O) groups excluding carboxylic acids is 2. The first-order chi connectivity index (χ1) is 15.1. The highest BCUT2D eigenvalue weighted by molar-refractivity contribution is 7.13. The van der Waals surface area contributed by atoms with Crippen LogP contribution in [0, 0.1) is 0 Å². The Kier molecular flexibility index (Phi) is 6.44. The molecule has 0 saturated carbocycles. The van der Waals surface area contributed by atoms with Crippen molar-refractivity contribution < 1.29 is 14.3 Å². The van der Waals surface area contributed by atoms with Crippen LogP contribution in [0.4, 0.5) is 0 Å². The SMILES string of the molecule is CNC(=O)[C@]1(Cc2ccc(-c3cccs3)cc2)CN(C(=O)Cc2cccnc2)CCO1. The van der Waals surface area contributed by atoms with Crippen LogP contribution in [0.5, 0.6) is 0 Å². The summed E-state index contributed by atoms with van der Waals surface area (Å²) in [6, 6.07) is 16.0. The Hall–Kier alpha value is -3.03. The fourth-order valence-electron chi connectivity index (χ4n) is 3.90. The largest absolute Gasteiger partial charge is 0.361 e. The van der Waals surface area contributed by atoms with Gasteiger partial charge in [-0.3, -0.25) is 14.6 Å². The number of benzene rings is 1. The molecule has 0 radical (unpaired) electrons. The molecule has 1 aliphatic rings. The number of hydrogen-bond donors (Lipinski definition) is 1. The van der Waals surface area contributed by atoms with Gasteiger partial charge in [0.1, 0.15) is 0 Å². The van der Waals surface area contributed by atoms with Gasteiger partial charge < -0.3 is 15.0 Å². The van der Waals surface area contributed by atoms with Crippen molar-refractivity contribution in [2.45, 2.75) is 18.4 Å². The fourth-order valence-corrected chi connectivity index (χ4v) is 4.63. The first-order valence-corrected chi connectivity index (χ1v) is 11.1. The number of hydrogen-bond acceptors (Lipinski definition) is 5. The zero-order valence-electron chi connectivity index (χ0n) is 17.4. The van der Waals surface area contributed by atoms with Crippen LogP contribution in [0.15, 0.2) is 66.3 Å². The number of morpholine rings is 1. The number of nitrogens with one attached hydrogen (secondary N) is 1. The number of thiophene rings is 1. The molecular weight excluding hydrogens is 410 g/mol. The van der Waals surface area contributed by atoms with Gasteiger partial charge in [0.25, 0.3) is 5.91 Å². The van der Waals surface area contributed by atoms with E-state index in [-0.39, 0.29) is 24.8 Å². The lowest BCUT2D eigenvalue weighted by molar-refractivity contribution is -0.165. The summed E-state index contributed by atoms with van der Waals surface area (Å²) in [5, 5.41) is 4.78. The van der Waals surface area contributed by atoms with Gasteiger partial charge in [0.15, 0.2) is 5.60 Å². The minimum Gasteiger partial charge on any atom is -0.361 e. The van der Waals surface area contributed by atoms with Gasteiger partial charge in [0.2, 0.25) is 5.91 Å². The van der Waals surface area contributed by atoms with Crippen molar-refractivity contribution in [1.82, 2.24) is 15.2 Å². The molecule has 1 saturated heterocycles. The topological polar surface area (TPSA) is 71.5 Å². The van der Waals surface area contributed by atoms with Crippen molar-refractivity contribution in [3.8, 4) is 10.4 Å². The third-order valence-corrected chi connectivity index (χ3v) is 6.43. The first-order valence-electron chi connectivity index (χ1n) is 10.3. The zero-order valence-corrected chi connectivity index (χ0v) is 18.2. The fraction of sp³-hybridized carbons (Fsp3) is 0.292. The van der Waals surface area contributed by atoms with Crippen molar-refractivity contribution in [3.63, 3.8) is 0 Å². The number of likely N-dealkylation sites (N-methyl/N-ethyl adjacent to an activating group) is 1. The normalized spacial score (nSPS) is 18.5. The van der Waals surface area contributed by atoms with Gasteiger partial charge in [-0.15, -0.1) is 11.3 Å². The van der Waals surface area contributed by atoms with Crippen LogP contribution in [0.2, 0.25) is 0 Å². The molecule has 0 unspecified atom stereocenters. The third-order valence-electron chi connectivity index (χ3n) is 5.51. The third kappa shape index (κ3) is 4.84. The molecule has 0 spiro atoms. The summed E-state index contributed by atoms with van der Waals surface area (Å²) >= 11 is 1.69. The van der Waals surface area contributed by atoms with E-state index in [9.17, 15) is 9.59 Å². The minimum atomic E-state index is -1.11. The van der Waals surface area contributed by atoms with E-state index in [1.807, 2.05) is 30.3 Å². The van der Waals surface area contributed by atoms with Crippen molar-refractivity contribution in [1.29, 1.82) is 0 Å². The summed E-state index contributed by atoms with van der Waals surface area (Å²) in [6.45, 7) is 1.01. The average Bonchev–Trinajstić information content (AvgIpc) is 3.35. The molecule has 0 aliphatic carbocycles. The molecule has 1 fully saturated rings. The highest BCUT2D eigenvalue weighted by Crippen LogP contribution is 2.28. The molecule has 1 atom stereocenters. The quantitative estimate of drug-likeness (QED) is 0.646. The monoisotopic (exact) mass is 435 g/mol. The summed E-state index contributed by atoms with van der Waals surface area (Å²) < 4.78 is 6.04. The number of amides is 2. The Balaban J connectivity index is 1.51. The van der Waals surface area contributed by atoms with E-state index in [1.54, 1.807) is 35.7 Å². The summed E-state index contributed by atoms with van der Waals surface area (Å²) in [6.07, 6.45) is 4.03. The molecule has 160 valence electrons. The van der Waals surface area contributed by atoms with Gasteiger partial charge in [0.05, 0.1) is 19.6 Å². The van der Waals surface area contributed by atoms with Crippen LogP contribution in [-0.4, -0.2) is 54.0 Å². The lowest BCUT2D eigenvalue weighted by atomic mass is 9.90. The summed E-state index contributed by atoms with van der Waals surface area (Å²) in [5.74, 6) is -0.244. The molecule has 0 bridgehead atoms. The zero-order chi connectivity index (χ0) is 21.7. The molecule has 1 aliphatic heterocycles. The number of carbonyl (C=O) groups is 2. The van der Waals surface area contributed by atoms with Crippen LogP contribution in [0.25, 0.3) is 10.4 Å². The van der Waals surface area contributed by atoms with E-state index in [2.05, 4.69) is 33.9 Å². The van der Waals surface area contributed by atoms with Crippen molar-refractivity contribution >= 4 is 23.2 Å². The van der Waals surface area contributed by atoms with Gasteiger partial charge in [0, 0.05) is 37.3 Å². The second kappa shape index (κ2) is 9.41. The van der Waals surface area contributed by atoms with E-state index in [4.69, 9.17) is 4.74 Å². The molecule has 2 amide bonds. The van der Waals surface area contributed by atoms with Crippen molar-refractivity contribution in [3.05, 3.63) is 77.4 Å². The van der Waals surface area contributed by atoms with E-state index in [1.165, 1.54) is 4.88 Å². The van der Waals surface area contributed by atoms with Gasteiger partial charge in [-0.2, -0.15) is 0 Å². The molecule has 4 rings (SSSR count). The number of ether oxygens (including phenoxy) is 1. The Morgan fingerprint density at radius 3 is 2.68 bits per heavy atom. The van der Waals surface area contributed by atoms with Crippen LogP contribution >= 0.6 is 11.3 Å². The summed E-state index contributed by atoms with van der Waals surface area (Å²) in [7, 11) is 1.60. The van der Waals surface area contributed by atoms with Crippen molar-refractivity contribution in [2.24, 2.45) is 0 Å². The number of aromatic nitrogens is 1. The van der Waals surface area contributed by atoms with Crippen LogP contribution in [-0.2, 0) is 27.2 Å². The molecule has 2 aromatic heterocycles. The van der Waals surface area contributed by atoms with Gasteiger partial charge in [-0.05, 0) is 34.2 Å². The predicted molar refractivity (Wildman–Crippen MR) is 121 cm³/mol. The van der Waals surface area contributed by atoms with E-state index in [0.717, 1.165) is 16.7 Å². The van der Waals surface area contributed by atoms with E-state index < -0.39 is 5.60 Å². The highest BCUT2D eigenvalue weighted by Gasteiger charge is 2.44. The van der Waals surface area contributed by atoms with E-state index in [0.29, 0.717) is 19.6 Å². The second-order valence-corrected chi connectivity index (χ2v) is 8.57. The molecule has 6 nitrogen and oxygen atoms in total. The van der Waals surface area contributed by atoms with Crippen molar-refractivity contribution in [2.75, 3.05) is 26.7 Å². The van der Waals surface area contributed by atoms with Gasteiger partial charge >= 0.3 is 0 Å². The molecule has 31 heavy (non-hydrogen) atoms. The molecule has 1 N–H and O–H groups in total. The molecule has 1 aromatic carbocycles. The smallest absolute Gasteiger partial charge is 0.254 e. The lowest BCUT2D eigenvalue weighted by Crippen LogP contribution is -2.61. The van der Waals surface area contributed by atoms with Gasteiger partial charge in [-0.1, -0.05) is 36.4 Å². The Morgan fingerprint density at radius 2 is 2.00 bits per heavy atom. The lowest BCUT2D eigenvalue weighted by Gasteiger charge is -2.41. The number of rotatable bonds is 6. The number of pyridine rings is 1. The molecule has 7 heteroatoms. The summed E-state index contributed by atoms with van der Waals surface area (Å²) in [5.41, 5.74) is 1.88. The van der Waals surface area contributed by atoms with Crippen LogP contribution in [0.3, 0.4) is 0 Å². The highest BCUT2D eigenvalue weighted by atomic mass is 32.1. The summed E-state index contributed by atoms with van der Waals surface area (Å²) in [4.78, 5) is 32.8. The van der Waals surface area contributed by atoms with Crippen LogP contribution < -0.4 is 5.32 Å². The predicted octanol–water partition coefficient (Wildman–Crippen LogP) is 2.94. The molecule has 3 aromatic rings. The maximum atomic E-state index is 12.9. The first kappa shape index (κ1) is 21.2. The maximum Gasteiger partial charge on any atom is 0.254 e. The van der Waals surface area contributed by atoms with E-state index >= 15 is 0 Å². The second-order valence-electron chi connectivity index (χ2n) is 7.63. The minimum absolute atomic E-state index is 0.0300. The Bertz CT molecular complexity index is 1020. The maximum absolute atomic E-state index is 12.9.